The summed E-state index contributed by atoms with van der Waals surface area (Å²) in [5.41, 5.74) is 1.05. The molecule has 0 spiro atoms. The minimum Gasteiger partial charge on any atom is -0.454 e. The number of urea groups is 1. The van der Waals surface area contributed by atoms with Crippen molar-refractivity contribution < 1.29 is 18.4 Å². The van der Waals surface area contributed by atoms with E-state index in [1.54, 1.807) is 29.2 Å². The van der Waals surface area contributed by atoms with E-state index in [0.29, 0.717) is 25.4 Å². The molecule has 3 rings (SSSR count). The molecule has 0 aliphatic carbocycles. The van der Waals surface area contributed by atoms with Crippen molar-refractivity contribution in [1.82, 2.24) is 19.7 Å². The zero-order valence-corrected chi connectivity index (χ0v) is 23.6. The number of hydrogen-bond donors (Lipinski definition) is 2. The standard InChI is InChI=1S/C30H42FN5O3/c1-5-18-36(30(38)33-27-15-9-8-14-26(27)31)21-24-13-11-20-35(24)22-25-16-17-28(39-25)29(37)32-23(4)12-10-19-34(6-2)7-3/h8-9,11,13-17,20,23H,5-7,10,12,18-19,21-22H2,1-4H3,(H,32,37)(H,33,38). The lowest BCUT2D eigenvalue weighted by Crippen LogP contribution is -2.36. The Morgan fingerprint density at radius 2 is 1.79 bits per heavy atom. The number of furan rings is 1. The van der Waals surface area contributed by atoms with Gasteiger partial charge in [-0.15, -0.1) is 0 Å². The van der Waals surface area contributed by atoms with Crippen LogP contribution < -0.4 is 10.6 Å². The van der Waals surface area contributed by atoms with E-state index in [4.69, 9.17) is 4.42 Å². The number of benzene rings is 1. The van der Waals surface area contributed by atoms with Crippen molar-refractivity contribution >= 4 is 17.6 Å². The molecule has 2 N–H and O–H groups in total. The average molecular weight is 540 g/mol. The number of carbonyl (C=O) groups excluding carboxylic acids is 2. The van der Waals surface area contributed by atoms with E-state index in [1.807, 2.05) is 36.7 Å². The van der Waals surface area contributed by atoms with Crippen LogP contribution in [0.25, 0.3) is 0 Å². The number of anilines is 1. The smallest absolute Gasteiger partial charge is 0.322 e. The van der Waals surface area contributed by atoms with Crippen LogP contribution in [-0.4, -0.2) is 58.5 Å². The van der Waals surface area contributed by atoms with Crippen LogP contribution in [0.4, 0.5) is 14.9 Å². The molecule has 1 unspecified atom stereocenters. The molecule has 9 heteroatoms. The first-order chi connectivity index (χ1) is 18.8. The van der Waals surface area contributed by atoms with Crippen LogP contribution in [0.15, 0.2) is 59.1 Å². The number of halogens is 1. The molecular weight excluding hydrogens is 497 g/mol. The largest absolute Gasteiger partial charge is 0.454 e. The number of aromatic nitrogens is 1. The third-order valence-electron chi connectivity index (χ3n) is 6.77. The molecule has 3 aromatic rings. The predicted octanol–water partition coefficient (Wildman–Crippen LogP) is 5.95. The maximum Gasteiger partial charge on any atom is 0.322 e. The summed E-state index contributed by atoms with van der Waals surface area (Å²) in [6.07, 6.45) is 4.60. The van der Waals surface area contributed by atoms with Gasteiger partial charge in [0.1, 0.15) is 11.6 Å². The molecule has 2 aromatic heterocycles. The molecule has 0 radical (unpaired) electrons. The number of para-hydroxylation sites is 1. The molecule has 1 atom stereocenters. The molecular formula is C30H42FN5O3. The van der Waals surface area contributed by atoms with Crippen molar-refractivity contribution in [2.24, 2.45) is 0 Å². The molecule has 1 aromatic carbocycles. The van der Waals surface area contributed by atoms with Gasteiger partial charge in [-0.3, -0.25) is 4.79 Å². The highest BCUT2D eigenvalue weighted by Crippen LogP contribution is 2.17. The monoisotopic (exact) mass is 539 g/mol. The van der Waals surface area contributed by atoms with Crippen LogP contribution >= 0.6 is 0 Å². The van der Waals surface area contributed by atoms with Crippen molar-refractivity contribution in [3.05, 3.63) is 77.8 Å². The van der Waals surface area contributed by atoms with E-state index in [9.17, 15) is 14.0 Å². The molecule has 0 bridgehead atoms. The van der Waals surface area contributed by atoms with Gasteiger partial charge in [-0.05, 0) is 82.2 Å². The van der Waals surface area contributed by atoms with Gasteiger partial charge in [0.05, 0.1) is 18.8 Å². The van der Waals surface area contributed by atoms with E-state index in [0.717, 1.165) is 44.6 Å². The molecule has 0 aliphatic heterocycles. The first-order valence-corrected chi connectivity index (χ1v) is 13.9. The van der Waals surface area contributed by atoms with Crippen molar-refractivity contribution in [3.8, 4) is 0 Å². The molecule has 2 heterocycles. The number of nitrogens with one attached hydrogen (secondary N) is 2. The number of rotatable bonds is 15. The predicted molar refractivity (Wildman–Crippen MR) is 152 cm³/mol. The molecule has 3 amide bonds. The first kappa shape index (κ1) is 30.0. The van der Waals surface area contributed by atoms with E-state index in [1.165, 1.54) is 12.1 Å². The van der Waals surface area contributed by atoms with Crippen LogP contribution in [0.5, 0.6) is 0 Å². The van der Waals surface area contributed by atoms with Crippen molar-refractivity contribution in [3.63, 3.8) is 0 Å². The number of carbonyl (C=O) groups is 2. The summed E-state index contributed by atoms with van der Waals surface area (Å²) in [6, 6.07) is 13.2. The van der Waals surface area contributed by atoms with Gasteiger partial charge in [0.15, 0.2) is 5.76 Å². The van der Waals surface area contributed by atoms with E-state index in [-0.39, 0.29) is 29.4 Å². The van der Waals surface area contributed by atoms with Crippen molar-refractivity contribution in [2.45, 2.75) is 66.1 Å². The first-order valence-electron chi connectivity index (χ1n) is 13.9. The second-order valence-electron chi connectivity index (χ2n) is 9.77. The molecule has 0 fully saturated rings. The molecule has 0 saturated heterocycles. The fraction of sp³-hybridized carbons (Fsp3) is 0.467. The van der Waals surface area contributed by atoms with Gasteiger partial charge in [0.2, 0.25) is 0 Å². The molecule has 212 valence electrons. The minimum atomic E-state index is -0.475. The number of nitrogens with zero attached hydrogens (tertiary/aromatic N) is 3. The highest BCUT2D eigenvalue weighted by Gasteiger charge is 2.18. The lowest BCUT2D eigenvalue weighted by Gasteiger charge is -2.23. The summed E-state index contributed by atoms with van der Waals surface area (Å²) < 4.78 is 21.9. The maximum absolute atomic E-state index is 14.0. The third kappa shape index (κ3) is 8.99. The lowest BCUT2D eigenvalue weighted by molar-refractivity contribution is 0.0907. The van der Waals surface area contributed by atoms with Gasteiger partial charge in [0.25, 0.3) is 5.91 Å². The van der Waals surface area contributed by atoms with Crippen LogP contribution in [0, 0.1) is 5.82 Å². The van der Waals surface area contributed by atoms with Crippen LogP contribution in [-0.2, 0) is 13.1 Å². The summed E-state index contributed by atoms with van der Waals surface area (Å²) in [4.78, 5) is 29.7. The summed E-state index contributed by atoms with van der Waals surface area (Å²) in [6.45, 7) is 12.7. The summed E-state index contributed by atoms with van der Waals surface area (Å²) >= 11 is 0. The quantitative estimate of drug-likeness (QED) is 0.250. The summed E-state index contributed by atoms with van der Waals surface area (Å²) in [7, 11) is 0. The van der Waals surface area contributed by atoms with Crippen LogP contribution in [0.3, 0.4) is 0 Å². The fourth-order valence-electron chi connectivity index (χ4n) is 4.50. The number of amides is 3. The van der Waals surface area contributed by atoms with E-state index >= 15 is 0 Å². The molecule has 0 saturated carbocycles. The summed E-state index contributed by atoms with van der Waals surface area (Å²) in [5, 5.41) is 5.70. The van der Waals surface area contributed by atoms with Gasteiger partial charge >= 0.3 is 6.03 Å². The Hall–Kier alpha value is -3.59. The molecule has 39 heavy (non-hydrogen) atoms. The Bertz CT molecular complexity index is 1190. The van der Waals surface area contributed by atoms with Gasteiger partial charge in [-0.2, -0.15) is 0 Å². The Balaban J connectivity index is 1.57. The average Bonchev–Trinajstić information content (AvgIpc) is 3.57. The lowest BCUT2D eigenvalue weighted by atomic mass is 10.1. The van der Waals surface area contributed by atoms with Crippen LogP contribution in [0.2, 0.25) is 0 Å². The zero-order chi connectivity index (χ0) is 28.2. The maximum atomic E-state index is 14.0. The third-order valence-corrected chi connectivity index (χ3v) is 6.77. The second kappa shape index (κ2) is 15.1. The summed E-state index contributed by atoms with van der Waals surface area (Å²) in [5.74, 6) is 0.233. The Labute approximate surface area is 231 Å². The van der Waals surface area contributed by atoms with Crippen molar-refractivity contribution in [1.29, 1.82) is 0 Å². The van der Waals surface area contributed by atoms with Crippen LogP contribution in [0.1, 0.15) is 69.0 Å². The highest BCUT2D eigenvalue weighted by atomic mass is 19.1. The Morgan fingerprint density at radius 1 is 1.03 bits per heavy atom. The minimum absolute atomic E-state index is 0.0534. The van der Waals surface area contributed by atoms with Crippen molar-refractivity contribution in [2.75, 3.05) is 31.5 Å². The normalized spacial score (nSPS) is 11.9. The van der Waals surface area contributed by atoms with Gasteiger partial charge in [-0.25, -0.2) is 9.18 Å². The topological polar surface area (TPSA) is 82.8 Å². The second-order valence-corrected chi connectivity index (χ2v) is 9.77. The molecule has 8 nitrogen and oxygen atoms in total. The van der Waals surface area contributed by atoms with E-state index < -0.39 is 5.82 Å². The fourth-order valence-corrected chi connectivity index (χ4v) is 4.50. The Morgan fingerprint density at radius 3 is 2.51 bits per heavy atom. The zero-order valence-electron chi connectivity index (χ0n) is 23.6. The Kier molecular flexibility index (Phi) is 11.6. The SMILES string of the molecule is CCCN(Cc1cccn1Cc1ccc(C(=O)NC(C)CCCN(CC)CC)o1)C(=O)Nc1ccccc1F. The highest BCUT2D eigenvalue weighted by molar-refractivity contribution is 5.91. The molecule has 0 aliphatic rings. The van der Waals surface area contributed by atoms with Gasteiger partial charge in [0, 0.05) is 24.5 Å². The number of hydrogen-bond acceptors (Lipinski definition) is 4. The van der Waals surface area contributed by atoms with Gasteiger partial charge < -0.3 is 29.4 Å². The van der Waals surface area contributed by atoms with E-state index in [2.05, 4.69) is 29.4 Å². The van der Waals surface area contributed by atoms with Gasteiger partial charge in [-0.1, -0.05) is 32.9 Å².